The zero-order chi connectivity index (χ0) is 13.3. The maximum atomic E-state index is 11.3. The number of amides is 1. The summed E-state index contributed by atoms with van der Waals surface area (Å²) in [5.74, 6) is -0.241. The van der Waals surface area contributed by atoms with Gasteiger partial charge in [-0.15, -0.1) is 0 Å². The summed E-state index contributed by atoms with van der Waals surface area (Å²) in [5.41, 5.74) is 2.90. The first kappa shape index (κ1) is 12.1. The lowest BCUT2D eigenvalue weighted by Gasteiger charge is -2.11. The smallest absolute Gasteiger partial charge is 0.266 e. The lowest BCUT2D eigenvalue weighted by Crippen LogP contribution is -2.22. The van der Waals surface area contributed by atoms with Crippen LogP contribution in [-0.4, -0.2) is 20.5 Å². The number of nitrogens with one attached hydrogen (secondary N) is 2. The fourth-order valence-corrected chi connectivity index (χ4v) is 1.86. The molecule has 0 aliphatic carbocycles. The Balaban J connectivity index is 2.46. The van der Waals surface area contributed by atoms with Crippen molar-refractivity contribution in [1.82, 2.24) is 19.9 Å². The number of aryl methyl sites for hydroxylation is 2. The number of H-pyrrole nitrogens is 1. The number of aromatic amines is 1. The van der Waals surface area contributed by atoms with Gasteiger partial charge in [-0.25, -0.2) is 9.50 Å². The second kappa shape index (κ2) is 4.48. The van der Waals surface area contributed by atoms with E-state index in [9.17, 15) is 9.59 Å². The molecule has 6 nitrogen and oxygen atoms in total. The van der Waals surface area contributed by atoms with Gasteiger partial charge < -0.3 is 5.32 Å². The molecule has 0 aliphatic rings. The quantitative estimate of drug-likeness (QED) is 0.771. The van der Waals surface area contributed by atoms with Crippen LogP contribution in [0.5, 0.6) is 0 Å². The molecule has 0 bridgehead atoms. The van der Waals surface area contributed by atoms with E-state index in [4.69, 9.17) is 0 Å². The van der Waals surface area contributed by atoms with Gasteiger partial charge in [-0.2, -0.15) is 0 Å². The number of fused-ring (bicyclic) bond motifs is 1. The monoisotopic (exact) mass is 246 g/mol. The highest BCUT2D eigenvalue weighted by Gasteiger charge is 2.10. The van der Waals surface area contributed by atoms with E-state index in [1.54, 1.807) is 4.52 Å². The summed E-state index contributed by atoms with van der Waals surface area (Å²) in [4.78, 5) is 26.8. The van der Waals surface area contributed by atoms with Crippen LogP contribution in [0, 0.1) is 13.8 Å². The molecule has 2 aromatic rings. The Morgan fingerprint density at radius 2 is 2.33 bits per heavy atom. The topological polar surface area (TPSA) is 79.3 Å². The van der Waals surface area contributed by atoms with Gasteiger partial charge in [0.05, 0.1) is 0 Å². The molecule has 0 saturated heterocycles. The van der Waals surface area contributed by atoms with E-state index < -0.39 is 0 Å². The average Bonchev–Trinajstić information content (AvgIpc) is 2.69. The largest absolute Gasteiger partial charge is 0.348 e. The molecular formula is C12H14N4O2. The minimum Gasteiger partial charge on any atom is -0.348 e. The van der Waals surface area contributed by atoms with E-state index in [0.717, 1.165) is 17.0 Å². The van der Waals surface area contributed by atoms with E-state index >= 15 is 0 Å². The van der Waals surface area contributed by atoms with Gasteiger partial charge >= 0.3 is 0 Å². The number of carbonyl (C=O) groups excluding carboxylic acids is 1. The maximum Gasteiger partial charge on any atom is 0.266 e. The Bertz CT molecular complexity index is 681. The van der Waals surface area contributed by atoms with Gasteiger partial charge in [-0.1, -0.05) is 6.58 Å². The van der Waals surface area contributed by atoms with Crippen molar-refractivity contribution < 1.29 is 4.79 Å². The standard InChI is InChI=1S/C12H14N4O2/c1-4-11(17)13-6-9-7(2)14-10-5-12(18)15-16(10)8(9)3/h4-5H,1,6H2,2-3H3,(H,13,17)(H,15,18). The van der Waals surface area contributed by atoms with Gasteiger partial charge in [0, 0.05) is 29.6 Å². The summed E-state index contributed by atoms with van der Waals surface area (Å²) in [6.45, 7) is 7.46. The second-order valence-corrected chi connectivity index (χ2v) is 4.00. The molecule has 6 heteroatoms. The predicted octanol–water partition coefficient (Wildman–Crippen LogP) is 0.442. The van der Waals surface area contributed by atoms with Gasteiger partial charge in [0.25, 0.3) is 5.56 Å². The van der Waals surface area contributed by atoms with Crippen molar-refractivity contribution in [3.63, 3.8) is 0 Å². The van der Waals surface area contributed by atoms with Crippen LogP contribution in [0.3, 0.4) is 0 Å². The Kier molecular flexibility index (Phi) is 3.01. The molecule has 0 radical (unpaired) electrons. The van der Waals surface area contributed by atoms with Crippen LogP contribution < -0.4 is 10.9 Å². The number of carbonyl (C=O) groups is 1. The third-order valence-electron chi connectivity index (χ3n) is 2.83. The van der Waals surface area contributed by atoms with E-state index in [1.807, 2.05) is 13.8 Å². The molecule has 0 atom stereocenters. The molecule has 0 fully saturated rings. The highest BCUT2D eigenvalue weighted by Crippen LogP contribution is 2.12. The molecule has 0 spiro atoms. The first-order valence-corrected chi connectivity index (χ1v) is 5.51. The van der Waals surface area contributed by atoms with Crippen LogP contribution in [-0.2, 0) is 11.3 Å². The summed E-state index contributed by atoms with van der Waals surface area (Å²) < 4.78 is 1.62. The Hall–Kier alpha value is -2.37. The summed E-state index contributed by atoms with van der Waals surface area (Å²) in [5, 5.41) is 5.36. The fourth-order valence-electron chi connectivity index (χ4n) is 1.86. The first-order chi connectivity index (χ1) is 8.52. The van der Waals surface area contributed by atoms with Gasteiger partial charge in [-0.3, -0.25) is 14.7 Å². The van der Waals surface area contributed by atoms with Crippen LogP contribution >= 0.6 is 0 Å². The number of hydrogen-bond donors (Lipinski definition) is 2. The molecule has 94 valence electrons. The summed E-state index contributed by atoms with van der Waals surface area (Å²) in [6, 6.07) is 1.44. The Morgan fingerprint density at radius 1 is 1.61 bits per heavy atom. The molecule has 0 saturated carbocycles. The molecule has 0 aliphatic heterocycles. The van der Waals surface area contributed by atoms with Crippen molar-refractivity contribution in [3.8, 4) is 0 Å². The minimum absolute atomic E-state index is 0.197. The van der Waals surface area contributed by atoms with Crippen molar-refractivity contribution in [2.45, 2.75) is 20.4 Å². The van der Waals surface area contributed by atoms with Crippen molar-refractivity contribution in [2.24, 2.45) is 0 Å². The number of nitrogens with zero attached hydrogens (tertiary/aromatic N) is 2. The lowest BCUT2D eigenvalue weighted by atomic mass is 10.1. The molecule has 2 heterocycles. The Labute approximate surface area is 103 Å². The van der Waals surface area contributed by atoms with Crippen LogP contribution in [0.4, 0.5) is 0 Å². The molecule has 2 N–H and O–H groups in total. The number of rotatable bonds is 3. The molecule has 2 rings (SSSR count). The molecule has 0 unspecified atom stereocenters. The molecule has 1 amide bonds. The highest BCUT2D eigenvalue weighted by atomic mass is 16.1. The van der Waals surface area contributed by atoms with Crippen molar-refractivity contribution >= 4 is 11.6 Å². The van der Waals surface area contributed by atoms with Crippen molar-refractivity contribution in [2.75, 3.05) is 0 Å². The van der Waals surface area contributed by atoms with Crippen LogP contribution in [0.25, 0.3) is 5.65 Å². The van der Waals surface area contributed by atoms with E-state index in [2.05, 4.69) is 22.0 Å². The van der Waals surface area contributed by atoms with Gasteiger partial charge in [-0.05, 0) is 19.9 Å². The maximum absolute atomic E-state index is 11.3. The van der Waals surface area contributed by atoms with E-state index in [0.29, 0.717) is 12.2 Å². The molecular weight excluding hydrogens is 232 g/mol. The number of hydrogen-bond acceptors (Lipinski definition) is 3. The summed E-state index contributed by atoms with van der Waals surface area (Å²) in [6.07, 6.45) is 1.22. The molecule has 18 heavy (non-hydrogen) atoms. The van der Waals surface area contributed by atoms with Gasteiger partial charge in [0.15, 0.2) is 5.65 Å². The zero-order valence-electron chi connectivity index (χ0n) is 10.3. The van der Waals surface area contributed by atoms with Gasteiger partial charge in [0.1, 0.15) is 0 Å². The van der Waals surface area contributed by atoms with Crippen molar-refractivity contribution in [3.05, 3.63) is 46.0 Å². The lowest BCUT2D eigenvalue weighted by molar-refractivity contribution is -0.116. The van der Waals surface area contributed by atoms with Gasteiger partial charge in [0.2, 0.25) is 5.91 Å². The number of aromatic nitrogens is 3. The van der Waals surface area contributed by atoms with E-state index in [1.165, 1.54) is 12.1 Å². The summed E-state index contributed by atoms with van der Waals surface area (Å²) >= 11 is 0. The fraction of sp³-hybridized carbons (Fsp3) is 0.250. The van der Waals surface area contributed by atoms with E-state index in [-0.39, 0.29) is 11.5 Å². The van der Waals surface area contributed by atoms with Crippen molar-refractivity contribution in [1.29, 1.82) is 0 Å². The minimum atomic E-state index is -0.241. The Morgan fingerprint density at radius 3 is 3.00 bits per heavy atom. The average molecular weight is 246 g/mol. The van der Waals surface area contributed by atoms with Crippen LogP contribution in [0.1, 0.15) is 17.0 Å². The van der Waals surface area contributed by atoms with Crippen LogP contribution in [0.15, 0.2) is 23.5 Å². The highest BCUT2D eigenvalue weighted by molar-refractivity contribution is 5.86. The van der Waals surface area contributed by atoms with Crippen LogP contribution in [0.2, 0.25) is 0 Å². The SMILES string of the molecule is C=CC(=O)NCc1c(C)nc2cc(=O)[nH]n2c1C. The second-order valence-electron chi connectivity index (χ2n) is 4.00. The third-order valence-corrected chi connectivity index (χ3v) is 2.83. The third kappa shape index (κ3) is 2.04. The zero-order valence-corrected chi connectivity index (χ0v) is 10.3. The normalized spacial score (nSPS) is 10.6. The predicted molar refractivity (Wildman–Crippen MR) is 67.3 cm³/mol. The molecule has 0 aromatic carbocycles. The molecule has 2 aromatic heterocycles. The summed E-state index contributed by atoms with van der Waals surface area (Å²) in [7, 11) is 0. The first-order valence-electron chi connectivity index (χ1n) is 5.51.